The molecule has 2 unspecified atom stereocenters. The normalized spacial score (nSPS) is 27.5. The van der Waals surface area contributed by atoms with E-state index < -0.39 is 0 Å². The van der Waals surface area contributed by atoms with Crippen LogP contribution in [0.1, 0.15) is 57.7 Å². The average molecular weight is 345 g/mol. The fourth-order valence-electron chi connectivity index (χ4n) is 4.45. The van der Waals surface area contributed by atoms with Crippen LogP contribution in [0.2, 0.25) is 0 Å². The molecule has 2 saturated heterocycles. The summed E-state index contributed by atoms with van der Waals surface area (Å²) in [5.41, 5.74) is 0. The highest BCUT2D eigenvalue weighted by molar-refractivity contribution is 5.39. The SMILES string of the molecule is CC(C)c1nc(N(C)C)nc(N2CCC3C(CCCN3C3CC3)C2)n1. The second-order valence-corrected chi connectivity index (χ2v) is 8.52. The summed E-state index contributed by atoms with van der Waals surface area (Å²) in [6.07, 6.45) is 6.80. The minimum absolute atomic E-state index is 0.318. The lowest BCUT2D eigenvalue weighted by molar-refractivity contribution is 0.0694. The van der Waals surface area contributed by atoms with E-state index in [1.165, 1.54) is 38.6 Å². The molecule has 25 heavy (non-hydrogen) atoms. The van der Waals surface area contributed by atoms with Crippen LogP contribution >= 0.6 is 0 Å². The van der Waals surface area contributed by atoms with E-state index in [0.717, 1.165) is 48.8 Å². The molecule has 0 bridgehead atoms. The third-order valence-corrected chi connectivity index (χ3v) is 5.96. The van der Waals surface area contributed by atoms with Crippen LogP contribution in [0.15, 0.2) is 0 Å². The van der Waals surface area contributed by atoms with Crippen LogP contribution in [-0.4, -0.2) is 65.7 Å². The molecule has 1 aromatic heterocycles. The Kier molecular flexibility index (Phi) is 4.56. The molecule has 1 aliphatic carbocycles. The van der Waals surface area contributed by atoms with Gasteiger partial charge in [-0.05, 0) is 44.6 Å². The van der Waals surface area contributed by atoms with Gasteiger partial charge < -0.3 is 9.80 Å². The third kappa shape index (κ3) is 3.46. The van der Waals surface area contributed by atoms with Crippen molar-refractivity contribution in [2.75, 3.05) is 43.5 Å². The minimum atomic E-state index is 0.318. The van der Waals surface area contributed by atoms with E-state index in [4.69, 9.17) is 9.97 Å². The van der Waals surface area contributed by atoms with Gasteiger partial charge in [0.15, 0.2) is 0 Å². The minimum Gasteiger partial charge on any atom is -0.347 e. The first-order valence-corrected chi connectivity index (χ1v) is 9.97. The Morgan fingerprint density at radius 3 is 2.48 bits per heavy atom. The number of likely N-dealkylation sites (tertiary alicyclic amines) is 1. The number of aromatic nitrogens is 3. The molecule has 3 heterocycles. The topological polar surface area (TPSA) is 48.4 Å². The largest absolute Gasteiger partial charge is 0.347 e. The molecule has 0 radical (unpaired) electrons. The zero-order chi connectivity index (χ0) is 17.6. The van der Waals surface area contributed by atoms with Crippen molar-refractivity contribution in [1.82, 2.24) is 19.9 Å². The Balaban J connectivity index is 1.54. The number of fused-ring (bicyclic) bond motifs is 1. The summed E-state index contributed by atoms with van der Waals surface area (Å²) in [5, 5.41) is 0. The van der Waals surface area contributed by atoms with Crippen molar-refractivity contribution in [1.29, 1.82) is 0 Å². The number of anilines is 2. The second-order valence-electron chi connectivity index (χ2n) is 8.52. The van der Waals surface area contributed by atoms with Crippen LogP contribution in [-0.2, 0) is 0 Å². The first kappa shape index (κ1) is 17.0. The van der Waals surface area contributed by atoms with Crippen LogP contribution in [0.5, 0.6) is 0 Å². The molecule has 1 aromatic rings. The Labute approximate surface area is 151 Å². The van der Waals surface area contributed by atoms with Gasteiger partial charge in [-0.1, -0.05) is 13.8 Å². The summed E-state index contributed by atoms with van der Waals surface area (Å²) in [7, 11) is 4.01. The van der Waals surface area contributed by atoms with E-state index in [0.29, 0.717) is 5.92 Å². The van der Waals surface area contributed by atoms with Gasteiger partial charge in [0, 0.05) is 45.2 Å². The molecule has 3 aliphatic rings. The van der Waals surface area contributed by atoms with E-state index in [9.17, 15) is 0 Å². The Bertz CT molecular complexity index is 586. The number of hydrogen-bond donors (Lipinski definition) is 0. The summed E-state index contributed by atoms with van der Waals surface area (Å²) in [6, 6.07) is 1.68. The summed E-state index contributed by atoms with van der Waals surface area (Å²) in [5.74, 6) is 3.64. The van der Waals surface area contributed by atoms with Gasteiger partial charge in [0.25, 0.3) is 0 Å². The van der Waals surface area contributed by atoms with Crippen molar-refractivity contribution in [3.8, 4) is 0 Å². The maximum atomic E-state index is 4.81. The third-order valence-electron chi connectivity index (χ3n) is 5.96. The summed E-state index contributed by atoms with van der Waals surface area (Å²) in [4.78, 5) is 21.4. The molecule has 0 N–H and O–H groups in total. The molecular weight excluding hydrogens is 312 g/mol. The van der Waals surface area contributed by atoms with E-state index in [2.05, 4.69) is 28.6 Å². The van der Waals surface area contributed by atoms with Gasteiger partial charge in [0.05, 0.1) is 0 Å². The summed E-state index contributed by atoms with van der Waals surface area (Å²) >= 11 is 0. The van der Waals surface area contributed by atoms with Crippen LogP contribution in [0.25, 0.3) is 0 Å². The monoisotopic (exact) mass is 344 g/mol. The van der Waals surface area contributed by atoms with Gasteiger partial charge in [-0.15, -0.1) is 0 Å². The maximum absolute atomic E-state index is 4.81. The molecule has 4 rings (SSSR count). The standard InChI is InChI=1S/C19H32N6/c1-13(2)17-20-18(23(3)4)22-19(21-17)24-11-9-16-14(12-24)6-5-10-25(16)15-7-8-15/h13-16H,5-12H2,1-4H3. The number of rotatable bonds is 4. The van der Waals surface area contributed by atoms with Crippen LogP contribution in [0, 0.1) is 5.92 Å². The predicted octanol–water partition coefficient (Wildman–Crippen LogP) is 2.51. The molecule has 2 atom stereocenters. The van der Waals surface area contributed by atoms with Crippen molar-refractivity contribution in [2.24, 2.45) is 5.92 Å². The second kappa shape index (κ2) is 6.71. The van der Waals surface area contributed by atoms with E-state index in [1.807, 2.05) is 19.0 Å². The molecule has 3 fully saturated rings. The van der Waals surface area contributed by atoms with E-state index >= 15 is 0 Å². The van der Waals surface area contributed by atoms with Crippen molar-refractivity contribution < 1.29 is 0 Å². The molecule has 6 nitrogen and oxygen atoms in total. The lowest BCUT2D eigenvalue weighted by Gasteiger charge is -2.47. The maximum Gasteiger partial charge on any atom is 0.230 e. The van der Waals surface area contributed by atoms with Gasteiger partial charge in [-0.2, -0.15) is 15.0 Å². The first-order valence-electron chi connectivity index (χ1n) is 9.97. The fraction of sp³-hybridized carbons (Fsp3) is 0.842. The molecule has 0 aromatic carbocycles. The Hall–Kier alpha value is -1.43. The van der Waals surface area contributed by atoms with E-state index in [-0.39, 0.29) is 0 Å². The first-order chi connectivity index (χ1) is 12.0. The molecule has 1 saturated carbocycles. The molecule has 0 spiro atoms. The van der Waals surface area contributed by atoms with E-state index in [1.54, 1.807) is 0 Å². The van der Waals surface area contributed by atoms with Gasteiger partial charge in [-0.25, -0.2) is 0 Å². The molecule has 2 aliphatic heterocycles. The summed E-state index contributed by atoms with van der Waals surface area (Å²) in [6.45, 7) is 7.79. The zero-order valence-corrected chi connectivity index (χ0v) is 16.1. The molecule has 138 valence electrons. The molecule has 6 heteroatoms. The van der Waals surface area contributed by atoms with Crippen molar-refractivity contribution in [2.45, 2.75) is 64.0 Å². The quantitative estimate of drug-likeness (QED) is 0.836. The lowest BCUT2D eigenvalue weighted by Crippen LogP contribution is -2.55. The van der Waals surface area contributed by atoms with Crippen molar-refractivity contribution in [3.05, 3.63) is 5.82 Å². The number of piperidine rings is 2. The highest BCUT2D eigenvalue weighted by Gasteiger charge is 2.42. The van der Waals surface area contributed by atoms with Gasteiger partial charge >= 0.3 is 0 Å². The predicted molar refractivity (Wildman–Crippen MR) is 101 cm³/mol. The van der Waals surface area contributed by atoms with Crippen molar-refractivity contribution >= 4 is 11.9 Å². The highest BCUT2D eigenvalue weighted by Crippen LogP contribution is 2.38. The number of nitrogens with zero attached hydrogens (tertiary/aromatic N) is 6. The smallest absolute Gasteiger partial charge is 0.230 e. The van der Waals surface area contributed by atoms with Crippen molar-refractivity contribution in [3.63, 3.8) is 0 Å². The zero-order valence-electron chi connectivity index (χ0n) is 16.1. The Morgan fingerprint density at radius 2 is 1.80 bits per heavy atom. The van der Waals surface area contributed by atoms with Gasteiger partial charge in [0.1, 0.15) is 5.82 Å². The lowest BCUT2D eigenvalue weighted by atomic mass is 9.84. The molecular formula is C19H32N6. The van der Waals surface area contributed by atoms with Gasteiger partial charge in [-0.3, -0.25) is 4.90 Å². The van der Waals surface area contributed by atoms with Gasteiger partial charge in [0.2, 0.25) is 11.9 Å². The highest BCUT2D eigenvalue weighted by atomic mass is 15.3. The average Bonchev–Trinajstić information content (AvgIpc) is 3.45. The fourth-order valence-corrected chi connectivity index (χ4v) is 4.45. The summed E-state index contributed by atoms with van der Waals surface area (Å²) < 4.78 is 0. The number of hydrogen-bond acceptors (Lipinski definition) is 6. The van der Waals surface area contributed by atoms with Crippen LogP contribution in [0.4, 0.5) is 11.9 Å². The Morgan fingerprint density at radius 1 is 1.00 bits per heavy atom. The van der Waals surface area contributed by atoms with Crippen LogP contribution < -0.4 is 9.80 Å². The van der Waals surface area contributed by atoms with Crippen LogP contribution in [0.3, 0.4) is 0 Å². The molecule has 0 amide bonds.